The van der Waals surface area contributed by atoms with E-state index in [0.717, 1.165) is 33.8 Å². The summed E-state index contributed by atoms with van der Waals surface area (Å²) in [4.78, 5) is 0.281. The van der Waals surface area contributed by atoms with Crippen molar-refractivity contribution >= 4 is 33.0 Å². The third-order valence-electron chi connectivity index (χ3n) is 6.51. The van der Waals surface area contributed by atoms with Crippen molar-refractivity contribution in [1.82, 2.24) is 0 Å². The summed E-state index contributed by atoms with van der Waals surface area (Å²) in [6, 6.07) is 19.3. The van der Waals surface area contributed by atoms with Crippen molar-refractivity contribution in [2.75, 3.05) is 10.0 Å². The maximum Gasteiger partial charge on any atom is 0.261 e. The van der Waals surface area contributed by atoms with E-state index in [1.54, 1.807) is 6.07 Å². The van der Waals surface area contributed by atoms with Gasteiger partial charge in [0.2, 0.25) is 0 Å². The van der Waals surface area contributed by atoms with Crippen LogP contribution in [0.25, 0.3) is 0 Å². The van der Waals surface area contributed by atoms with Gasteiger partial charge in [0.25, 0.3) is 10.0 Å². The van der Waals surface area contributed by atoms with Gasteiger partial charge in [-0.1, -0.05) is 48.0 Å². The van der Waals surface area contributed by atoms with Crippen molar-refractivity contribution in [1.29, 1.82) is 0 Å². The van der Waals surface area contributed by atoms with Crippen molar-refractivity contribution in [3.63, 3.8) is 0 Å². The molecule has 32 heavy (non-hydrogen) atoms. The summed E-state index contributed by atoms with van der Waals surface area (Å²) in [7, 11) is -3.70. The van der Waals surface area contributed by atoms with E-state index in [1.807, 2.05) is 56.3 Å². The summed E-state index contributed by atoms with van der Waals surface area (Å²) >= 11 is 6.08. The van der Waals surface area contributed by atoms with Crippen LogP contribution in [0.4, 0.5) is 11.4 Å². The number of sulfonamides is 1. The van der Waals surface area contributed by atoms with E-state index in [2.05, 4.69) is 34.3 Å². The molecule has 3 atom stereocenters. The molecule has 4 nitrogen and oxygen atoms in total. The van der Waals surface area contributed by atoms with Gasteiger partial charge in [-0.25, -0.2) is 8.42 Å². The summed E-state index contributed by atoms with van der Waals surface area (Å²) in [5.41, 5.74) is 5.70. The van der Waals surface area contributed by atoms with Crippen molar-refractivity contribution in [2.24, 2.45) is 5.92 Å². The first kappa shape index (κ1) is 21.1. The van der Waals surface area contributed by atoms with Gasteiger partial charge in [-0.3, -0.25) is 4.72 Å². The van der Waals surface area contributed by atoms with E-state index in [1.165, 1.54) is 5.56 Å². The van der Waals surface area contributed by atoms with Crippen LogP contribution in [-0.2, 0) is 10.0 Å². The minimum Gasteiger partial charge on any atom is -0.378 e. The highest BCUT2D eigenvalue weighted by atomic mass is 35.5. The highest BCUT2D eigenvalue weighted by Gasteiger charge is 2.38. The molecule has 0 aromatic heterocycles. The molecule has 5 rings (SSSR count). The molecule has 1 heterocycles. The molecular weight excluding hydrogens is 440 g/mol. The van der Waals surface area contributed by atoms with Crippen LogP contribution < -0.4 is 10.0 Å². The van der Waals surface area contributed by atoms with Crippen molar-refractivity contribution < 1.29 is 8.42 Å². The monoisotopic (exact) mass is 464 g/mol. The SMILES string of the molecule is Cc1ccc(C)c(NS(=O)(=O)c2ccc3c(c2)[C@H]2C=CC[C@H]2[C@@H](c2ccc(Cl)cc2)N3)c1. The zero-order valence-corrected chi connectivity index (χ0v) is 19.5. The number of nitrogens with one attached hydrogen (secondary N) is 2. The van der Waals surface area contributed by atoms with E-state index in [9.17, 15) is 8.42 Å². The first-order chi connectivity index (χ1) is 15.3. The fourth-order valence-electron chi connectivity index (χ4n) is 4.79. The zero-order valence-electron chi connectivity index (χ0n) is 18.0. The Labute approximate surface area is 194 Å². The van der Waals surface area contributed by atoms with Crippen LogP contribution in [-0.4, -0.2) is 8.42 Å². The molecule has 0 saturated heterocycles. The molecule has 0 unspecified atom stereocenters. The van der Waals surface area contributed by atoms with Crippen molar-refractivity contribution in [3.8, 4) is 0 Å². The Morgan fingerprint density at radius 2 is 1.78 bits per heavy atom. The van der Waals surface area contributed by atoms with Gasteiger partial charge in [0, 0.05) is 16.6 Å². The number of benzene rings is 3. The maximum absolute atomic E-state index is 13.2. The number of hydrogen-bond donors (Lipinski definition) is 2. The minimum atomic E-state index is -3.70. The Balaban J connectivity index is 1.49. The molecule has 0 radical (unpaired) electrons. The molecule has 0 fully saturated rings. The van der Waals surface area contributed by atoms with Crippen LogP contribution in [0.3, 0.4) is 0 Å². The van der Waals surface area contributed by atoms with E-state index in [0.29, 0.717) is 11.6 Å². The highest BCUT2D eigenvalue weighted by Crippen LogP contribution is 2.50. The number of allylic oxidation sites excluding steroid dienone is 2. The second-order valence-electron chi connectivity index (χ2n) is 8.70. The number of hydrogen-bond acceptors (Lipinski definition) is 3. The summed E-state index contributed by atoms with van der Waals surface area (Å²) in [6.45, 7) is 3.85. The van der Waals surface area contributed by atoms with Gasteiger partial charge >= 0.3 is 0 Å². The van der Waals surface area contributed by atoms with Crippen LogP contribution in [0, 0.1) is 19.8 Å². The molecule has 164 valence electrons. The van der Waals surface area contributed by atoms with Crippen molar-refractivity contribution in [3.05, 3.63) is 100 Å². The molecule has 2 N–H and O–H groups in total. The summed E-state index contributed by atoms with van der Waals surface area (Å²) in [5.74, 6) is 0.497. The first-order valence-corrected chi connectivity index (χ1v) is 12.6. The lowest BCUT2D eigenvalue weighted by Gasteiger charge is -2.37. The average molecular weight is 465 g/mol. The fourth-order valence-corrected chi connectivity index (χ4v) is 6.07. The van der Waals surface area contributed by atoms with Crippen LogP contribution in [0.5, 0.6) is 0 Å². The lowest BCUT2D eigenvalue weighted by Crippen LogP contribution is -2.29. The second kappa shape index (κ2) is 7.98. The molecule has 6 heteroatoms. The summed E-state index contributed by atoms with van der Waals surface area (Å²) in [5, 5.41) is 4.37. The first-order valence-electron chi connectivity index (χ1n) is 10.7. The number of rotatable bonds is 4. The lowest BCUT2D eigenvalue weighted by atomic mass is 9.77. The van der Waals surface area contributed by atoms with Crippen LogP contribution in [0.1, 0.15) is 40.6 Å². The van der Waals surface area contributed by atoms with Gasteiger partial charge < -0.3 is 5.32 Å². The predicted octanol–water partition coefficient (Wildman–Crippen LogP) is 6.58. The number of anilines is 2. The van der Waals surface area contributed by atoms with Crippen LogP contribution >= 0.6 is 11.6 Å². The van der Waals surface area contributed by atoms with Gasteiger partial charge in [0.15, 0.2) is 0 Å². The molecule has 0 saturated carbocycles. The normalized spacial score (nSPS) is 21.5. The molecule has 0 amide bonds. The number of aryl methyl sites for hydroxylation is 2. The molecular formula is C26H25ClN2O2S. The Kier molecular flexibility index (Phi) is 5.26. The highest BCUT2D eigenvalue weighted by molar-refractivity contribution is 7.92. The third kappa shape index (κ3) is 3.80. The predicted molar refractivity (Wildman–Crippen MR) is 131 cm³/mol. The van der Waals surface area contributed by atoms with E-state index in [4.69, 9.17) is 11.6 Å². The largest absolute Gasteiger partial charge is 0.378 e. The van der Waals surface area contributed by atoms with Gasteiger partial charge in [0.05, 0.1) is 16.6 Å². The molecule has 1 aliphatic carbocycles. The topological polar surface area (TPSA) is 58.2 Å². The van der Waals surface area contributed by atoms with Gasteiger partial charge in [0.1, 0.15) is 0 Å². The Morgan fingerprint density at radius 3 is 2.56 bits per heavy atom. The van der Waals surface area contributed by atoms with E-state index in [-0.39, 0.29) is 16.9 Å². The van der Waals surface area contributed by atoms with Gasteiger partial charge in [-0.2, -0.15) is 0 Å². The Hall–Kier alpha value is -2.76. The Morgan fingerprint density at radius 1 is 1.00 bits per heavy atom. The summed E-state index contributed by atoms with van der Waals surface area (Å²) < 4.78 is 29.2. The van der Waals surface area contributed by atoms with Crippen molar-refractivity contribution in [2.45, 2.75) is 37.1 Å². The molecule has 0 spiro atoms. The van der Waals surface area contributed by atoms with Gasteiger partial charge in [-0.05, 0) is 84.8 Å². The van der Waals surface area contributed by atoms with Gasteiger partial charge in [-0.15, -0.1) is 0 Å². The Bertz CT molecular complexity index is 1320. The number of halogens is 1. The summed E-state index contributed by atoms with van der Waals surface area (Å²) in [6.07, 6.45) is 5.36. The third-order valence-corrected chi connectivity index (χ3v) is 8.13. The molecule has 3 aromatic carbocycles. The maximum atomic E-state index is 13.2. The number of fused-ring (bicyclic) bond motifs is 3. The molecule has 1 aliphatic heterocycles. The average Bonchev–Trinajstić information content (AvgIpc) is 3.26. The zero-order chi connectivity index (χ0) is 22.5. The minimum absolute atomic E-state index is 0.148. The van der Waals surface area contributed by atoms with Crippen LogP contribution in [0.2, 0.25) is 5.02 Å². The lowest BCUT2D eigenvalue weighted by molar-refractivity contribution is 0.425. The van der Waals surface area contributed by atoms with Crippen LogP contribution in [0.15, 0.2) is 77.7 Å². The van der Waals surface area contributed by atoms with E-state index < -0.39 is 10.0 Å². The second-order valence-corrected chi connectivity index (χ2v) is 10.8. The standard InChI is InChI=1S/C26H25ClN2O2S/c1-16-6-7-17(2)25(14-16)29-32(30,31)20-12-13-24-23(15-20)21-4-3-5-22(21)26(28-24)18-8-10-19(27)11-9-18/h3-4,6-15,21-22,26,28-29H,5H2,1-2H3/t21-,22+,26+/m0/s1. The fraction of sp³-hybridized carbons (Fsp3) is 0.231. The van der Waals surface area contributed by atoms with E-state index >= 15 is 0 Å². The molecule has 2 aliphatic rings. The molecule has 0 bridgehead atoms. The smallest absolute Gasteiger partial charge is 0.261 e. The quantitative estimate of drug-likeness (QED) is 0.428. The molecule has 3 aromatic rings.